The molecule has 0 saturated carbocycles. The topological polar surface area (TPSA) is 143 Å². The van der Waals surface area contributed by atoms with E-state index in [-0.39, 0.29) is 63.9 Å². The number of carbonyl (C=O) groups is 5. The predicted octanol–water partition coefficient (Wildman–Crippen LogP) is 10.5. The zero-order chi connectivity index (χ0) is 39.9. The van der Waals surface area contributed by atoms with E-state index < -0.39 is 42.1 Å². The largest absolute Gasteiger partial charge is 0.507 e. The van der Waals surface area contributed by atoms with Crippen molar-refractivity contribution in [2.75, 3.05) is 0 Å². The van der Waals surface area contributed by atoms with E-state index in [0.717, 1.165) is 0 Å². The average molecular weight is 855 g/mol. The number of carbonyl (C=O) groups excluding carboxylic acids is 5. The summed E-state index contributed by atoms with van der Waals surface area (Å²) in [6.45, 7) is 3.61. The van der Waals surface area contributed by atoms with Crippen LogP contribution in [0.25, 0.3) is 11.1 Å². The summed E-state index contributed by atoms with van der Waals surface area (Å²) in [6.07, 6.45) is -1.70. The molecule has 10 nitrogen and oxygen atoms in total. The van der Waals surface area contributed by atoms with Crippen LogP contribution in [0, 0.1) is 0 Å². The van der Waals surface area contributed by atoms with Crippen molar-refractivity contribution in [1.29, 1.82) is 0 Å². The number of hydrogen-bond donors (Lipinski definition) is 1. The van der Waals surface area contributed by atoms with Gasteiger partial charge in [-0.25, -0.2) is 9.59 Å². The van der Waals surface area contributed by atoms with Gasteiger partial charge in [0.25, 0.3) is 0 Å². The van der Waals surface area contributed by atoms with Gasteiger partial charge in [0.2, 0.25) is 0 Å². The highest BCUT2D eigenvalue weighted by Gasteiger charge is 2.40. The lowest BCUT2D eigenvalue weighted by Gasteiger charge is -2.14. The second-order valence-corrected chi connectivity index (χ2v) is 13.5. The number of aliphatic hydroxyl groups excluding tert-OH is 1. The molecule has 0 radical (unpaired) electrons. The van der Waals surface area contributed by atoms with Crippen molar-refractivity contribution in [3.63, 3.8) is 0 Å². The van der Waals surface area contributed by atoms with Crippen molar-refractivity contribution in [3.05, 3.63) is 149 Å². The lowest BCUT2D eigenvalue weighted by Crippen LogP contribution is -2.07. The first kappa shape index (κ1) is 42.2. The van der Waals surface area contributed by atoms with Gasteiger partial charge in [-0.1, -0.05) is 130 Å². The molecule has 1 N–H and O–H groups in total. The molecule has 2 atom stereocenters. The van der Waals surface area contributed by atoms with Crippen LogP contribution in [-0.4, -0.2) is 35.0 Å². The van der Waals surface area contributed by atoms with Gasteiger partial charge in [-0.05, 0) is 24.3 Å². The minimum Gasteiger partial charge on any atom is -0.507 e. The van der Waals surface area contributed by atoms with Crippen LogP contribution >= 0.6 is 69.6 Å². The van der Waals surface area contributed by atoms with Crippen molar-refractivity contribution in [2.24, 2.45) is 0 Å². The highest BCUT2D eigenvalue weighted by Crippen LogP contribution is 2.44. The number of ether oxygens (including phenoxy) is 4. The molecule has 2 aliphatic heterocycles. The van der Waals surface area contributed by atoms with Gasteiger partial charge in [0.05, 0.1) is 30.1 Å². The van der Waals surface area contributed by atoms with E-state index in [2.05, 4.69) is 4.74 Å². The van der Waals surface area contributed by atoms with Crippen LogP contribution in [0.3, 0.4) is 0 Å². The summed E-state index contributed by atoms with van der Waals surface area (Å²) >= 11 is 36.2. The van der Waals surface area contributed by atoms with Gasteiger partial charge in [0.1, 0.15) is 11.1 Å². The standard InChI is InChI=1S/C18H11Cl3O4.C16H9Cl3O3.C4H6O3/c1-9(22)24-17-15(11-7-13(20)14(21)8-12(11)19)18(23)25-16(17)10-5-3-2-4-6-10;17-10-7-12(19)11(18)6-9(10)13-14(20)15(22-16(13)21)8-4-2-1-3-5-8;1-3(5)7-4(2)6/h2-8,16H,1H3;1-7,15,20H;1-2H3. The lowest BCUT2D eigenvalue weighted by molar-refractivity contribution is -0.156. The molecule has 280 valence electrons. The van der Waals surface area contributed by atoms with E-state index in [1.54, 1.807) is 48.5 Å². The van der Waals surface area contributed by atoms with E-state index in [1.807, 2.05) is 12.1 Å². The maximum Gasteiger partial charge on any atom is 0.343 e. The Morgan fingerprint density at radius 3 is 1.37 bits per heavy atom. The summed E-state index contributed by atoms with van der Waals surface area (Å²) in [5.41, 5.74) is 1.95. The lowest BCUT2D eigenvalue weighted by atomic mass is 10.0. The number of benzene rings is 4. The van der Waals surface area contributed by atoms with Crippen molar-refractivity contribution < 1.29 is 48.0 Å². The Morgan fingerprint density at radius 1 is 0.556 bits per heavy atom. The molecule has 0 aliphatic carbocycles. The van der Waals surface area contributed by atoms with Gasteiger partial charge in [-0.2, -0.15) is 0 Å². The first-order valence-electron chi connectivity index (χ1n) is 15.4. The first-order valence-corrected chi connectivity index (χ1v) is 17.6. The van der Waals surface area contributed by atoms with E-state index >= 15 is 0 Å². The van der Waals surface area contributed by atoms with Crippen molar-refractivity contribution in [1.82, 2.24) is 0 Å². The fraction of sp³-hybridized carbons (Fsp3) is 0.132. The smallest absolute Gasteiger partial charge is 0.343 e. The van der Waals surface area contributed by atoms with Gasteiger partial charge in [-0.15, -0.1) is 0 Å². The summed E-state index contributed by atoms with van der Waals surface area (Å²) in [4.78, 5) is 55.8. The molecule has 2 heterocycles. The van der Waals surface area contributed by atoms with Crippen LogP contribution in [-0.2, 0) is 42.9 Å². The van der Waals surface area contributed by atoms with E-state index in [9.17, 15) is 29.1 Å². The zero-order valence-corrected chi connectivity index (χ0v) is 32.7. The minimum atomic E-state index is -0.853. The first-order chi connectivity index (χ1) is 25.5. The highest BCUT2D eigenvalue weighted by atomic mass is 35.5. The Balaban J connectivity index is 0.000000206. The Labute approximate surface area is 338 Å². The molecule has 0 amide bonds. The molecule has 0 fully saturated rings. The SMILES string of the molecule is CC(=O)OC(C)=O.CC(=O)OC1=C(c2cc(Cl)c(Cl)cc2Cl)C(=O)OC1c1ccccc1.O=C1OC(c2ccccc2)C(O)=C1c1cc(Cl)c(Cl)cc1Cl. The molecule has 16 heteroatoms. The molecule has 2 unspecified atom stereocenters. The number of cyclic esters (lactones) is 2. The zero-order valence-electron chi connectivity index (χ0n) is 28.1. The molecule has 4 aromatic rings. The maximum atomic E-state index is 12.5. The molecule has 0 spiro atoms. The Morgan fingerprint density at radius 2 is 0.944 bits per heavy atom. The van der Waals surface area contributed by atoms with Crippen molar-refractivity contribution in [2.45, 2.75) is 33.0 Å². The van der Waals surface area contributed by atoms with Gasteiger partial charge in [-0.3, -0.25) is 14.4 Å². The molecule has 0 saturated heterocycles. The molecule has 6 rings (SSSR count). The second-order valence-electron chi connectivity index (χ2n) is 11.1. The Hall–Kier alpha value is -4.55. The van der Waals surface area contributed by atoms with E-state index in [1.165, 1.54) is 45.0 Å². The van der Waals surface area contributed by atoms with Crippen LogP contribution in [0.4, 0.5) is 0 Å². The predicted molar refractivity (Wildman–Crippen MR) is 204 cm³/mol. The molecule has 2 aliphatic rings. The monoisotopic (exact) mass is 852 g/mol. The third kappa shape index (κ3) is 10.4. The van der Waals surface area contributed by atoms with Gasteiger partial charge in [0, 0.05) is 43.0 Å². The van der Waals surface area contributed by atoms with Crippen LogP contribution < -0.4 is 0 Å². The second kappa shape index (κ2) is 18.7. The summed E-state index contributed by atoms with van der Waals surface area (Å²) in [5, 5.41) is 11.8. The number of esters is 5. The molecule has 0 aromatic heterocycles. The van der Waals surface area contributed by atoms with Gasteiger partial charge in [0.15, 0.2) is 23.7 Å². The summed E-state index contributed by atoms with van der Waals surface area (Å²) in [5.74, 6) is -3.15. The maximum absolute atomic E-state index is 12.5. The Kier molecular flexibility index (Phi) is 14.6. The highest BCUT2D eigenvalue weighted by molar-refractivity contribution is 6.45. The fourth-order valence-electron chi connectivity index (χ4n) is 4.99. The summed E-state index contributed by atoms with van der Waals surface area (Å²) in [6, 6.07) is 23.6. The van der Waals surface area contributed by atoms with Crippen LogP contribution in [0.5, 0.6) is 0 Å². The number of aliphatic hydroxyl groups is 1. The van der Waals surface area contributed by atoms with Gasteiger partial charge >= 0.3 is 29.8 Å². The van der Waals surface area contributed by atoms with E-state index in [0.29, 0.717) is 11.1 Å². The summed E-state index contributed by atoms with van der Waals surface area (Å²) in [7, 11) is 0. The number of halogens is 6. The van der Waals surface area contributed by atoms with Crippen LogP contribution in [0.2, 0.25) is 30.1 Å². The van der Waals surface area contributed by atoms with Crippen LogP contribution in [0.15, 0.2) is 96.4 Å². The number of hydrogen-bond acceptors (Lipinski definition) is 10. The quantitative estimate of drug-likeness (QED) is 0.0892. The normalized spacial score (nSPS) is 16.0. The third-order valence-electron chi connectivity index (χ3n) is 7.15. The molecular weight excluding hydrogens is 829 g/mol. The molecule has 4 aromatic carbocycles. The van der Waals surface area contributed by atoms with Crippen molar-refractivity contribution >= 4 is 111 Å². The van der Waals surface area contributed by atoms with Crippen LogP contribution in [0.1, 0.15) is 55.2 Å². The van der Waals surface area contributed by atoms with E-state index in [4.69, 9.17) is 83.8 Å². The molecule has 0 bridgehead atoms. The third-order valence-corrected chi connectivity index (χ3v) is 9.22. The summed E-state index contributed by atoms with van der Waals surface area (Å²) < 4.78 is 20.0. The average Bonchev–Trinajstić information content (AvgIpc) is 3.58. The Bertz CT molecular complexity index is 2170. The minimum absolute atomic E-state index is 0.00239. The molecular formula is C38H26Cl6O10. The number of rotatable bonds is 5. The molecule has 54 heavy (non-hydrogen) atoms. The van der Waals surface area contributed by atoms with Crippen molar-refractivity contribution in [3.8, 4) is 0 Å². The van der Waals surface area contributed by atoms with Gasteiger partial charge < -0.3 is 24.1 Å². The fourth-order valence-corrected chi connectivity index (χ4v) is 6.27.